The molecule has 1 amide bonds. The van der Waals surface area contributed by atoms with Crippen molar-refractivity contribution in [2.24, 2.45) is 5.10 Å². The number of hydrogen-bond acceptors (Lipinski definition) is 4. The molecule has 0 aliphatic carbocycles. The van der Waals surface area contributed by atoms with Gasteiger partial charge in [-0.25, -0.2) is 4.68 Å². The quantitative estimate of drug-likeness (QED) is 0.216. The predicted molar refractivity (Wildman–Crippen MR) is 145 cm³/mol. The minimum absolute atomic E-state index is 0.140. The van der Waals surface area contributed by atoms with Crippen molar-refractivity contribution in [2.75, 3.05) is 10.8 Å². The Morgan fingerprint density at radius 3 is 2.20 bits per heavy atom. The number of anilines is 1. The third-order valence-corrected chi connectivity index (χ3v) is 6.94. The standard InChI is InChI=1S/C29H26N4OS/c1-3-18-35-26-16-14-22(15-17-26)28-23(20-32(31-28)24-10-6-4-7-11-24)19-27-21(2)30-33(29(27)34)25-12-8-5-9-13-25/h4-17,19-20H,3,18H2,1-2H3. The first-order valence-electron chi connectivity index (χ1n) is 11.7. The third kappa shape index (κ3) is 4.84. The number of nitrogens with zero attached hydrogens (tertiary/aromatic N) is 4. The second-order valence-electron chi connectivity index (χ2n) is 8.28. The minimum atomic E-state index is -0.140. The van der Waals surface area contributed by atoms with Gasteiger partial charge in [-0.2, -0.15) is 15.2 Å². The normalized spacial score (nSPS) is 14.6. The summed E-state index contributed by atoms with van der Waals surface area (Å²) >= 11 is 1.85. The van der Waals surface area contributed by atoms with Gasteiger partial charge in [-0.15, -0.1) is 11.8 Å². The number of rotatable bonds is 7. The summed E-state index contributed by atoms with van der Waals surface area (Å²) in [5.74, 6) is 0.955. The lowest BCUT2D eigenvalue weighted by atomic mass is 10.0. The number of benzene rings is 3. The molecule has 0 saturated carbocycles. The van der Waals surface area contributed by atoms with Crippen molar-refractivity contribution in [3.05, 3.63) is 102 Å². The molecule has 6 heteroatoms. The average molecular weight is 479 g/mol. The van der Waals surface area contributed by atoms with Crippen LogP contribution in [0.2, 0.25) is 0 Å². The molecule has 4 aromatic rings. The van der Waals surface area contributed by atoms with Crippen molar-refractivity contribution in [3.8, 4) is 16.9 Å². The third-order valence-electron chi connectivity index (χ3n) is 5.73. The van der Waals surface area contributed by atoms with E-state index in [-0.39, 0.29) is 5.91 Å². The highest BCUT2D eigenvalue weighted by Crippen LogP contribution is 2.30. The van der Waals surface area contributed by atoms with Crippen LogP contribution >= 0.6 is 11.8 Å². The van der Waals surface area contributed by atoms with Gasteiger partial charge in [0.05, 0.1) is 28.4 Å². The van der Waals surface area contributed by atoms with Gasteiger partial charge in [-0.3, -0.25) is 4.79 Å². The molecule has 0 saturated heterocycles. The van der Waals surface area contributed by atoms with Crippen LogP contribution in [0.25, 0.3) is 23.0 Å². The van der Waals surface area contributed by atoms with Gasteiger partial charge in [0.15, 0.2) is 0 Å². The Kier molecular flexibility index (Phi) is 6.64. The summed E-state index contributed by atoms with van der Waals surface area (Å²) in [5.41, 5.74) is 5.67. The molecule has 3 aromatic carbocycles. The molecular weight excluding hydrogens is 452 g/mol. The van der Waals surface area contributed by atoms with Gasteiger partial charge in [0.25, 0.3) is 5.91 Å². The fraction of sp³-hybridized carbons (Fsp3) is 0.138. The van der Waals surface area contributed by atoms with E-state index in [1.807, 2.05) is 96.3 Å². The monoisotopic (exact) mass is 478 g/mol. The second-order valence-corrected chi connectivity index (χ2v) is 9.45. The average Bonchev–Trinajstić information content (AvgIpc) is 3.45. The van der Waals surface area contributed by atoms with E-state index in [2.05, 4.69) is 36.3 Å². The molecule has 0 bridgehead atoms. The first-order valence-corrected chi connectivity index (χ1v) is 12.7. The Labute approximate surface area is 209 Å². The van der Waals surface area contributed by atoms with E-state index in [1.165, 1.54) is 9.90 Å². The molecular formula is C29H26N4OS. The lowest BCUT2D eigenvalue weighted by Crippen LogP contribution is -2.21. The van der Waals surface area contributed by atoms with E-state index in [9.17, 15) is 4.79 Å². The van der Waals surface area contributed by atoms with Crippen molar-refractivity contribution in [1.29, 1.82) is 0 Å². The molecule has 0 radical (unpaired) electrons. The van der Waals surface area contributed by atoms with E-state index in [0.717, 1.165) is 40.4 Å². The predicted octanol–water partition coefficient (Wildman–Crippen LogP) is 6.85. The van der Waals surface area contributed by atoms with Gasteiger partial charge < -0.3 is 0 Å². The van der Waals surface area contributed by atoms with Crippen LogP contribution in [0.4, 0.5) is 5.69 Å². The summed E-state index contributed by atoms with van der Waals surface area (Å²) < 4.78 is 1.86. The van der Waals surface area contributed by atoms with Crippen molar-refractivity contribution >= 4 is 35.1 Å². The summed E-state index contributed by atoms with van der Waals surface area (Å²) in [6.07, 6.45) is 5.02. The first kappa shape index (κ1) is 22.9. The van der Waals surface area contributed by atoms with Crippen LogP contribution in [0.15, 0.2) is 107 Å². The number of thioether (sulfide) groups is 1. The number of carbonyl (C=O) groups is 1. The zero-order valence-electron chi connectivity index (χ0n) is 19.8. The van der Waals surface area contributed by atoms with Gasteiger partial charge in [0.1, 0.15) is 0 Å². The van der Waals surface area contributed by atoms with Gasteiger partial charge in [-0.05, 0) is 61.6 Å². The Bertz CT molecular complexity index is 1390. The van der Waals surface area contributed by atoms with Crippen LogP contribution in [-0.4, -0.2) is 27.2 Å². The van der Waals surface area contributed by atoms with E-state index in [0.29, 0.717) is 11.3 Å². The lowest BCUT2D eigenvalue weighted by molar-refractivity contribution is -0.114. The van der Waals surface area contributed by atoms with E-state index in [4.69, 9.17) is 5.10 Å². The molecule has 0 N–H and O–H groups in total. The molecule has 1 aliphatic rings. The number of hydrazone groups is 1. The van der Waals surface area contributed by atoms with Crippen molar-refractivity contribution in [1.82, 2.24) is 9.78 Å². The molecule has 174 valence electrons. The van der Waals surface area contributed by atoms with Crippen molar-refractivity contribution < 1.29 is 4.79 Å². The molecule has 2 heterocycles. The molecule has 0 unspecified atom stereocenters. The van der Waals surface area contributed by atoms with Crippen LogP contribution in [-0.2, 0) is 4.79 Å². The summed E-state index contributed by atoms with van der Waals surface area (Å²) in [5, 5.41) is 10.9. The van der Waals surface area contributed by atoms with E-state index < -0.39 is 0 Å². The molecule has 1 aromatic heterocycles. The highest BCUT2D eigenvalue weighted by Gasteiger charge is 2.29. The van der Waals surface area contributed by atoms with Crippen LogP contribution < -0.4 is 5.01 Å². The SMILES string of the molecule is CCCSc1ccc(-c2nn(-c3ccccc3)cc2C=C2C(=O)N(c3ccccc3)N=C2C)cc1. The summed E-state index contributed by atoms with van der Waals surface area (Å²) in [4.78, 5) is 14.5. The van der Waals surface area contributed by atoms with Gasteiger partial charge in [-0.1, -0.05) is 55.5 Å². The summed E-state index contributed by atoms with van der Waals surface area (Å²) in [6, 6.07) is 28.0. The smallest absolute Gasteiger partial charge is 0.267 e. The highest BCUT2D eigenvalue weighted by atomic mass is 32.2. The van der Waals surface area contributed by atoms with Crippen LogP contribution in [0.5, 0.6) is 0 Å². The van der Waals surface area contributed by atoms with Crippen LogP contribution in [0, 0.1) is 0 Å². The highest BCUT2D eigenvalue weighted by molar-refractivity contribution is 7.99. The Morgan fingerprint density at radius 2 is 1.54 bits per heavy atom. The molecule has 0 fully saturated rings. The molecule has 5 rings (SSSR count). The lowest BCUT2D eigenvalue weighted by Gasteiger charge is -2.11. The number of hydrogen-bond donors (Lipinski definition) is 0. The van der Waals surface area contributed by atoms with Crippen molar-refractivity contribution in [3.63, 3.8) is 0 Å². The molecule has 0 spiro atoms. The maximum absolute atomic E-state index is 13.3. The first-order chi connectivity index (χ1) is 17.1. The van der Waals surface area contributed by atoms with Gasteiger partial charge in [0, 0.05) is 22.2 Å². The molecule has 1 aliphatic heterocycles. The maximum Gasteiger partial charge on any atom is 0.280 e. The Morgan fingerprint density at radius 1 is 0.886 bits per heavy atom. The number of amides is 1. The number of para-hydroxylation sites is 2. The topological polar surface area (TPSA) is 50.5 Å². The second kappa shape index (κ2) is 10.2. The fourth-order valence-corrected chi connectivity index (χ4v) is 4.71. The Hall–Kier alpha value is -3.90. The Balaban J connectivity index is 1.55. The summed E-state index contributed by atoms with van der Waals surface area (Å²) in [7, 11) is 0. The molecule has 5 nitrogen and oxygen atoms in total. The zero-order valence-corrected chi connectivity index (χ0v) is 20.6. The van der Waals surface area contributed by atoms with Crippen molar-refractivity contribution in [2.45, 2.75) is 25.2 Å². The van der Waals surface area contributed by atoms with Crippen LogP contribution in [0.3, 0.4) is 0 Å². The zero-order chi connectivity index (χ0) is 24.2. The van der Waals surface area contributed by atoms with E-state index >= 15 is 0 Å². The van der Waals surface area contributed by atoms with Crippen LogP contribution in [0.1, 0.15) is 25.8 Å². The molecule has 0 atom stereocenters. The number of carbonyl (C=O) groups excluding carboxylic acids is 1. The van der Waals surface area contributed by atoms with Gasteiger partial charge >= 0.3 is 0 Å². The molecule has 35 heavy (non-hydrogen) atoms. The fourth-order valence-electron chi connectivity index (χ4n) is 3.94. The largest absolute Gasteiger partial charge is 0.280 e. The van der Waals surface area contributed by atoms with E-state index in [1.54, 1.807) is 0 Å². The van der Waals surface area contributed by atoms with Gasteiger partial charge in [0.2, 0.25) is 0 Å². The minimum Gasteiger partial charge on any atom is -0.267 e. The maximum atomic E-state index is 13.3. The number of aromatic nitrogens is 2. The summed E-state index contributed by atoms with van der Waals surface area (Å²) in [6.45, 7) is 4.06.